The molecule has 2 heterocycles. The largest absolute Gasteiger partial charge is 0.294 e. The summed E-state index contributed by atoms with van der Waals surface area (Å²) < 4.78 is 1.81. The first kappa shape index (κ1) is 10.9. The number of rotatable bonds is 2. The topological polar surface area (TPSA) is 34.4 Å². The van der Waals surface area contributed by atoms with Crippen LogP contribution < -0.4 is 0 Å². The second-order valence-electron chi connectivity index (χ2n) is 4.46. The van der Waals surface area contributed by atoms with Gasteiger partial charge < -0.3 is 0 Å². The molecule has 0 saturated heterocycles. The Labute approximate surface area is 95.1 Å². The molecule has 0 spiro atoms. The number of ketones is 1. The third kappa shape index (κ3) is 1.52. The third-order valence-electron chi connectivity index (χ3n) is 2.78. The summed E-state index contributed by atoms with van der Waals surface area (Å²) in [5.41, 5.74) is 3.70. The molecule has 0 aromatic carbocycles. The molecule has 0 unspecified atom stereocenters. The molecule has 2 aromatic heterocycles. The van der Waals surface area contributed by atoms with Crippen LogP contribution in [0.15, 0.2) is 18.3 Å². The van der Waals surface area contributed by atoms with Crippen LogP contribution in [-0.2, 0) is 0 Å². The Hall–Kier alpha value is -1.64. The van der Waals surface area contributed by atoms with Gasteiger partial charge in [0.05, 0.1) is 16.8 Å². The SMILES string of the molecule is CC(=O)c1c(C(C)C)nn2cccc(C)c12. The van der Waals surface area contributed by atoms with E-state index in [4.69, 9.17) is 0 Å². The summed E-state index contributed by atoms with van der Waals surface area (Å²) in [6.45, 7) is 7.73. The Morgan fingerprint density at radius 1 is 1.44 bits per heavy atom. The van der Waals surface area contributed by atoms with Crippen molar-refractivity contribution >= 4 is 11.3 Å². The molecule has 2 aromatic rings. The number of aromatic nitrogens is 2. The standard InChI is InChI=1S/C13H16N2O/c1-8(2)12-11(10(4)16)13-9(3)6-5-7-15(13)14-12/h5-8H,1-4H3. The smallest absolute Gasteiger partial charge is 0.163 e. The van der Waals surface area contributed by atoms with Crippen molar-refractivity contribution in [2.24, 2.45) is 0 Å². The molecule has 0 aliphatic heterocycles. The highest BCUT2D eigenvalue weighted by Gasteiger charge is 2.19. The predicted molar refractivity (Wildman–Crippen MR) is 64.0 cm³/mol. The maximum absolute atomic E-state index is 11.7. The van der Waals surface area contributed by atoms with Crippen molar-refractivity contribution < 1.29 is 4.79 Å². The first-order valence-corrected chi connectivity index (χ1v) is 5.51. The van der Waals surface area contributed by atoms with Crippen LogP contribution in [0.25, 0.3) is 5.52 Å². The van der Waals surface area contributed by atoms with Crippen LogP contribution in [0.5, 0.6) is 0 Å². The van der Waals surface area contributed by atoms with Gasteiger partial charge in [0.15, 0.2) is 5.78 Å². The van der Waals surface area contributed by atoms with E-state index >= 15 is 0 Å². The number of carbonyl (C=O) groups is 1. The quantitative estimate of drug-likeness (QED) is 0.723. The molecule has 0 N–H and O–H groups in total. The maximum Gasteiger partial charge on any atom is 0.163 e. The lowest BCUT2D eigenvalue weighted by Gasteiger charge is -2.02. The summed E-state index contributed by atoms with van der Waals surface area (Å²) in [5.74, 6) is 0.353. The molecule has 0 bridgehead atoms. The van der Waals surface area contributed by atoms with Gasteiger partial charge in [-0.2, -0.15) is 5.10 Å². The molecule has 0 atom stereocenters. The van der Waals surface area contributed by atoms with Crippen LogP contribution in [0.1, 0.15) is 48.3 Å². The van der Waals surface area contributed by atoms with Crippen molar-refractivity contribution in [3.63, 3.8) is 0 Å². The van der Waals surface area contributed by atoms with E-state index in [1.165, 1.54) is 0 Å². The average Bonchev–Trinajstić information content (AvgIpc) is 2.58. The van der Waals surface area contributed by atoms with Gasteiger partial charge in [-0.15, -0.1) is 0 Å². The Morgan fingerprint density at radius 2 is 2.12 bits per heavy atom. The monoisotopic (exact) mass is 216 g/mol. The molecule has 0 fully saturated rings. The lowest BCUT2D eigenvalue weighted by Crippen LogP contribution is -1.99. The van der Waals surface area contributed by atoms with E-state index in [1.54, 1.807) is 11.4 Å². The Bertz CT molecular complexity index is 552. The van der Waals surface area contributed by atoms with E-state index in [9.17, 15) is 4.79 Å². The molecule has 84 valence electrons. The van der Waals surface area contributed by atoms with E-state index in [1.807, 2.05) is 25.3 Å². The Kier molecular flexibility index (Phi) is 2.54. The van der Waals surface area contributed by atoms with Crippen molar-refractivity contribution in [3.8, 4) is 0 Å². The minimum Gasteiger partial charge on any atom is -0.294 e. The molecular formula is C13H16N2O. The van der Waals surface area contributed by atoms with Crippen LogP contribution in [0.2, 0.25) is 0 Å². The number of nitrogens with zero attached hydrogens (tertiary/aromatic N) is 2. The molecule has 0 aliphatic carbocycles. The summed E-state index contributed by atoms with van der Waals surface area (Å²) in [6, 6.07) is 3.96. The highest BCUT2D eigenvalue weighted by molar-refractivity contribution is 6.02. The van der Waals surface area contributed by atoms with Gasteiger partial charge in [0.1, 0.15) is 0 Å². The van der Waals surface area contributed by atoms with Crippen LogP contribution >= 0.6 is 0 Å². The first-order chi connectivity index (χ1) is 7.52. The molecule has 3 nitrogen and oxygen atoms in total. The second-order valence-corrected chi connectivity index (χ2v) is 4.46. The van der Waals surface area contributed by atoms with Gasteiger partial charge in [-0.05, 0) is 31.4 Å². The summed E-state index contributed by atoms with van der Waals surface area (Å²) in [5, 5.41) is 4.49. The van der Waals surface area contributed by atoms with E-state index in [-0.39, 0.29) is 11.7 Å². The zero-order valence-electron chi connectivity index (χ0n) is 10.1. The van der Waals surface area contributed by atoms with Crippen LogP contribution in [-0.4, -0.2) is 15.4 Å². The predicted octanol–water partition coefficient (Wildman–Crippen LogP) is 2.97. The normalized spacial score (nSPS) is 11.3. The van der Waals surface area contributed by atoms with Crippen molar-refractivity contribution in [2.75, 3.05) is 0 Å². The van der Waals surface area contributed by atoms with Crippen LogP contribution in [0.3, 0.4) is 0 Å². The van der Waals surface area contributed by atoms with Gasteiger partial charge >= 0.3 is 0 Å². The number of hydrogen-bond acceptors (Lipinski definition) is 2. The molecule has 0 amide bonds. The summed E-state index contributed by atoms with van der Waals surface area (Å²) in [4.78, 5) is 11.7. The van der Waals surface area contributed by atoms with Gasteiger partial charge in [-0.3, -0.25) is 4.79 Å². The summed E-state index contributed by atoms with van der Waals surface area (Å²) in [7, 11) is 0. The second kappa shape index (κ2) is 3.74. The first-order valence-electron chi connectivity index (χ1n) is 5.51. The van der Waals surface area contributed by atoms with Crippen molar-refractivity contribution in [1.82, 2.24) is 9.61 Å². The van der Waals surface area contributed by atoms with Crippen molar-refractivity contribution in [3.05, 3.63) is 35.2 Å². The van der Waals surface area contributed by atoms with Gasteiger partial charge in [0.25, 0.3) is 0 Å². The van der Waals surface area contributed by atoms with Gasteiger partial charge in [0, 0.05) is 6.20 Å². The zero-order valence-corrected chi connectivity index (χ0v) is 10.1. The highest BCUT2D eigenvalue weighted by atomic mass is 16.1. The summed E-state index contributed by atoms with van der Waals surface area (Å²) >= 11 is 0. The molecule has 3 heteroatoms. The minimum absolute atomic E-state index is 0.0907. The molecule has 16 heavy (non-hydrogen) atoms. The van der Waals surface area contributed by atoms with Crippen LogP contribution in [0, 0.1) is 6.92 Å². The fourth-order valence-electron chi connectivity index (χ4n) is 2.04. The maximum atomic E-state index is 11.7. The Balaban J connectivity index is 2.88. The number of aryl methyl sites for hydroxylation is 1. The van der Waals surface area contributed by atoms with E-state index in [0.29, 0.717) is 0 Å². The zero-order chi connectivity index (χ0) is 11.9. The van der Waals surface area contributed by atoms with Crippen molar-refractivity contribution in [1.29, 1.82) is 0 Å². The molecular weight excluding hydrogens is 200 g/mol. The van der Waals surface area contributed by atoms with Gasteiger partial charge in [-0.25, -0.2) is 4.52 Å². The van der Waals surface area contributed by atoms with E-state index in [0.717, 1.165) is 22.3 Å². The minimum atomic E-state index is 0.0907. The van der Waals surface area contributed by atoms with E-state index < -0.39 is 0 Å². The fourth-order valence-corrected chi connectivity index (χ4v) is 2.04. The number of fused-ring (bicyclic) bond motifs is 1. The van der Waals surface area contributed by atoms with Crippen LogP contribution in [0.4, 0.5) is 0 Å². The van der Waals surface area contributed by atoms with Gasteiger partial charge in [-0.1, -0.05) is 19.9 Å². The highest BCUT2D eigenvalue weighted by Crippen LogP contribution is 2.25. The van der Waals surface area contributed by atoms with Crippen molar-refractivity contribution in [2.45, 2.75) is 33.6 Å². The van der Waals surface area contributed by atoms with Gasteiger partial charge in [0.2, 0.25) is 0 Å². The average molecular weight is 216 g/mol. The number of hydrogen-bond donors (Lipinski definition) is 0. The summed E-state index contributed by atoms with van der Waals surface area (Å²) in [6.07, 6.45) is 1.89. The number of carbonyl (C=O) groups excluding carboxylic acids is 1. The Morgan fingerprint density at radius 3 is 2.69 bits per heavy atom. The number of Topliss-reactive ketones (excluding diaryl/α,β-unsaturated/α-hetero) is 1. The molecule has 0 radical (unpaired) electrons. The lowest BCUT2D eigenvalue weighted by atomic mass is 10.0. The fraction of sp³-hybridized carbons (Fsp3) is 0.385. The molecule has 0 aliphatic rings. The molecule has 0 saturated carbocycles. The third-order valence-corrected chi connectivity index (χ3v) is 2.78. The molecule has 2 rings (SSSR count). The number of pyridine rings is 1. The van der Waals surface area contributed by atoms with E-state index in [2.05, 4.69) is 18.9 Å². The lowest BCUT2D eigenvalue weighted by molar-refractivity contribution is 0.101.